The van der Waals surface area contributed by atoms with Gasteiger partial charge in [-0.2, -0.15) is 0 Å². The molecule has 1 atom stereocenters. The summed E-state index contributed by atoms with van der Waals surface area (Å²) in [5.74, 6) is -0.551. The van der Waals surface area contributed by atoms with Gasteiger partial charge in [0.2, 0.25) is 11.8 Å². The van der Waals surface area contributed by atoms with E-state index in [1.54, 1.807) is 41.3 Å². The van der Waals surface area contributed by atoms with E-state index in [9.17, 15) is 18.0 Å². The summed E-state index contributed by atoms with van der Waals surface area (Å²) in [5, 5.41) is 5.28. The normalized spacial score (nSPS) is 14.1. The number of benzene rings is 4. The van der Waals surface area contributed by atoms with Gasteiger partial charge in [0.05, 0.1) is 10.6 Å². The van der Waals surface area contributed by atoms with E-state index in [1.807, 2.05) is 55.5 Å². The Kier molecular flexibility index (Phi) is 9.06. The molecular weight excluding hydrogens is 593 g/mol. The van der Waals surface area contributed by atoms with Crippen molar-refractivity contribution in [3.8, 4) is 0 Å². The van der Waals surface area contributed by atoms with Gasteiger partial charge < -0.3 is 10.2 Å². The Morgan fingerprint density at radius 1 is 0.952 bits per heavy atom. The van der Waals surface area contributed by atoms with Gasteiger partial charge in [-0.05, 0) is 54.1 Å². The number of amides is 2. The maximum atomic E-state index is 13.9. The van der Waals surface area contributed by atoms with Gasteiger partial charge >= 0.3 is 0 Å². The van der Waals surface area contributed by atoms with Crippen molar-refractivity contribution in [1.82, 2.24) is 10.2 Å². The lowest BCUT2D eigenvalue weighted by molar-refractivity contribution is -0.141. The van der Waals surface area contributed by atoms with Crippen molar-refractivity contribution in [2.24, 2.45) is 0 Å². The zero-order valence-electron chi connectivity index (χ0n) is 23.1. The highest BCUT2D eigenvalue weighted by Crippen LogP contribution is 2.42. The predicted molar refractivity (Wildman–Crippen MR) is 167 cm³/mol. The summed E-state index contributed by atoms with van der Waals surface area (Å²) < 4.78 is 28.2. The van der Waals surface area contributed by atoms with E-state index in [-0.39, 0.29) is 42.6 Å². The lowest BCUT2D eigenvalue weighted by atomic mass is 10.0. The first-order valence-corrected chi connectivity index (χ1v) is 16.0. The molecule has 2 amide bonds. The first-order chi connectivity index (χ1) is 20.2. The molecule has 5 rings (SSSR count). The molecule has 42 heavy (non-hydrogen) atoms. The van der Waals surface area contributed by atoms with Crippen molar-refractivity contribution in [2.45, 2.75) is 43.7 Å². The van der Waals surface area contributed by atoms with Crippen LogP contribution in [-0.4, -0.2) is 44.3 Å². The fraction of sp³-hybridized carbons (Fsp3) is 0.250. The van der Waals surface area contributed by atoms with Crippen LogP contribution in [0.4, 0.5) is 5.69 Å². The highest BCUT2D eigenvalue weighted by molar-refractivity contribution is 7.93. The molecule has 1 heterocycles. The second-order valence-electron chi connectivity index (χ2n) is 10.2. The Labute approximate surface area is 256 Å². The molecule has 1 aliphatic heterocycles. The average Bonchev–Trinajstić information content (AvgIpc) is 3.19. The summed E-state index contributed by atoms with van der Waals surface area (Å²) in [5.41, 5.74) is 2.17. The quantitative estimate of drug-likeness (QED) is 0.215. The molecule has 7 nitrogen and oxygen atoms in total. The van der Waals surface area contributed by atoms with E-state index >= 15 is 0 Å². The third-order valence-electron chi connectivity index (χ3n) is 7.41. The van der Waals surface area contributed by atoms with Crippen LogP contribution in [0.2, 0.25) is 10.0 Å². The Morgan fingerprint density at radius 3 is 2.40 bits per heavy atom. The van der Waals surface area contributed by atoms with Crippen molar-refractivity contribution in [1.29, 1.82) is 0 Å². The summed E-state index contributed by atoms with van der Waals surface area (Å²) in [6.45, 7) is 2.46. The lowest BCUT2D eigenvalue weighted by Crippen LogP contribution is -2.50. The smallest absolute Gasteiger partial charge is 0.265 e. The first kappa shape index (κ1) is 29.9. The number of nitrogens with zero attached hydrogens (tertiary/aromatic N) is 2. The van der Waals surface area contributed by atoms with Crippen LogP contribution < -0.4 is 9.62 Å². The predicted octanol–water partition coefficient (Wildman–Crippen LogP) is 6.21. The van der Waals surface area contributed by atoms with Crippen LogP contribution in [0, 0.1) is 0 Å². The van der Waals surface area contributed by atoms with Gasteiger partial charge in [0.25, 0.3) is 10.0 Å². The van der Waals surface area contributed by atoms with Crippen molar-refractivity contribution < 1.29 is 18.0 Å². The number of halogens is 2. The molecule has 0 aliphatic carbocycles. The van der Waals surface area contributed by atoms with E-state index in [0.717, 1.165) is 10.9 Å². The minimum atomic E-state index is -3.74. The molecule has 0 saturated carbocycles. The van der Waals surface area contributed by atoms with E-state index in [2.05, 4.69) is 5.32 Å². The Hall–Kier alpha value is -3.59. The van der Waals surface area contributed by atoms with Crippen LogP contribution in [0.5, 0.6) is 0 Å². The van der Waals surface area contributed by atoms with Gasteiger partial charge in [-0.15, -0.1) is 0 Å². The van der Waals surface area contributed by atoms with Crippen LogP contribution >= 0.6 is 23.2 Å². The number of likely N-dealkylation sites (N-methyl/N-ethyl adjacent to an activating group) is 1. The molecule has 1 N–H and O–H groups in total. The largest absolute Gasteiger partial charge is 0.355 e. The molecule has 0 bridgehead atoms. The van der Waals surface area contributed by atoms with Gasteiger partial charge in [0.15, 0.2) is 0 Å². The third-order valence-corrected chi connectivity index (χ3v) is 9.85. The maximum Gasteiger partial charge on any atom is 0.265 e. The number of anilines is 1. The van der Waals surface area contributed by atoms with E-state index in [4.69, 9.17) is 23.2 Å². The Morgan fingerprint density at radius 2 is 1.69 bits per heavy atom. The molecule has 4 aromatic rings. The topological polar surface area (TPSA) is 86.8 Å². The highest BCUT2D eigenvalue weighted by atomic mass is 35.5. The molecule has 4 aromatic carbocycles. The number of rotatable bonds is 11. The summed E-state index contributed by atoms with van der Waals surface area (Å²) in [6.07, 6.45) is 0.608. The maximum absolute atomic E-state index is 13.9. The summed E-state index contributed by atoms with van der Waals surface area (Å²) in [7, 11) is -3.74. The SMILES string of the molecule is CCNC(=O)[C@H](Cc1ccccc1)N(Cc1ccc(Cl)cc1Cl)C(=O)CCCN1c2cccc3cccc(c23)S1(=O)=O. The van der Waals surface area contributed by atoms with Gasteiger partial charge in [0, 0.05) is 47.9 Å². The van der Waals surface area contributed by atoms with Gasteiger partial charge in [-0.3, -0.25) is 13.9 Å². The fourth-order valence-electron chi connectivity index (χ4n) is 5.40. The monoisotopic (exact) mass is 623 g/mol. The van der Waals surface area contributed by atoms with Gasteiger partial charge in [-0.25, -0.2) is 8.42 Å². The number of nitrogens with one attached hydrogen (secondary N) is 1. The molecule has 0 unspecified atom stereocenters. The van der Waals surface area contributed by atoms with Crippen LogP contribution in [0.3, 0.4) is 0 Å². The summed E-state index contributed by atoms with van der Waals surface area (Å²) in [6, 6.07) is 24.5. The third kappa shape index (κ3) is 6.11. The second kappa shape index (κ2) is 12.7. The number of hydrogen-bond acceptors (Lipinski definition) is 4. The number of hydrogen-bond donors (Lipinski definition) is 1. The second-order valence-corrected chi connectivity index (χ2v) is 12.8. The highest BCUT2D eigenvalue weighted by Gasteiger charge is 2.36. The zero-order valence-corrected chi connectivity index (χ0v) is 25.4. The van der Waals surface area contributed by atoms with E-state index < -0.39 is 16.1 Å². The zero-order chi connectivity index (χ0) is 29.9. The number of carbonyl (C=O) groups is 2. The van der Waals surface area contributed by atoms with Gasteiger partial charge in [-0.1, -0.05) is 83.9 Å². The molecule has 0 aromatic heterocycles. The minimum Gasteiger partial charge on any atom is -0.355 e. The van der Waals surface area contributed by atoms with E-state index in [1.165, 1.54) is 4.31 Å². The average molecular weight is 625 g/mol. The van der Waals surface area contributed by atoms with Crippen molar-refractivity contribution in [3.05, 3.63) is 106 Å². The van der Waals surface area contributed by atoms with Crippen molar-refractivity contribution >= 4 is 61.5 Å². The summed E-state index contributed by atoms with van der Waals surface area (Å²) >= 11 is 12.6. The van der Waals surface area contributed by atoms with Crippen LogP contribution in [0.15, 0.2) is 89.8 Å². The molecule has 0 radical (unpaired) electrons. The van der Waals surface area contributed by atoms with E-state index in [0.29, 0.717) is 39.6 Å². The van der Waals surface area contributed by atoms with Crippen LogP contribution in [0.1, 0.15) is 30.9 Å². The minimum absolute atomic E-state index is 0.0360. The molecule has 0 saturated heterocycles. The lowest BCUT2D eigenvalue weighted by Gasteiger charge is -2.32. The molecule has 1 aliphatic rings. The van der Waals surface area contributed by atoms with Crippen molar-refractivity contribution in [2.75, 3.05) is 17.4 Å². The molecular formula is C32H31Cl2N3O4S. The van der Waals surface area contributed by atoms with Crippen LogP contribution in [0.25, 0.3) is 10.8 Å². The van der Waals surface area contributed by atoms with Crippen molar-refractivity contribution in [3.63, 3.8) is 0 Å². The standard InChI is InChI=1S/C32H31Cl2N3O4S/c1-2-35-32(39)28(19-22-9-4-3-5-10-22)36(21-24-16-17-25(33)20-26(24)34)30(38)15-8-18-37-27-13-6-11-23-12-7-14-29(31(23)27)42(37,40)41/h3-7,9-14,16-17,20,28H,2,8,15,18-19,21H2,1H3,(H,35,39)/t28-/m0/s1. The number of sulfonamides is 1. The molecule has 0 spiro atoms. The number of carbonyl (C=O) groups excluding carboxylic acids is 2. The summed E-state index contributed by atoms with van der Waals surface area (Å²) in [4.78, 5) is 29.1. The fourth-order valence-corrected chi connectivity index (χ4v) is 7.61. The molecule has 0 fully saturated rings. The van der Waals surface area contributed by atoms with Gasteiger partial charge in [0.1, 0.15) is 6.04 Å². The van der Waals surface area contributed by atoms with Crippen LogP contribution in [-0.2, 0) is 32.6 Å². The Balaban J connectivity index is 1.40. The Bertz CT molecular complexity index is 1730. The molecule has 10 heteroatoms. The molecule has 218 valence electrons. The first-order valence-electron chi connectivity index (χ1n) is 13.8.